The number of likely N-dealkylation sites (N-methyl/N-ethyl adjacent to an activating group) is 1. The molecular formula is C18H23N3O4S. The molecule has 2 rings (SSSR count). The Bertz CT molecular complexity index is 836. The van der Waals surface area contributed by atoms with Crippen LogP contribution in [0.2, 0.25) is 0 Å². The van der Waals surface area contributed by atoms with Gasteiger partial charge in [-0.05, 0) is 42.9 Å². The molecule has 8 heteroatoms. The maximum Gasteiger partial charge on any atom is 0.257 e. The smallest absolute Gasteiger partial charge is 0.257 e. The molecule has 1 amide bonds. The lowest BCUT2D eigenvalue weighted by molar-refractivity contribution is 0.102. The Morgan fingerprint density at radius 1 is 1.08 bits per heavy atom. The number of nitrogens with one attached hydrogen (secondary N) is 3. The molecule has 0 fully saturated rings. The number of sulfonamides is 1. The molecule has 0 saturated carbocycles. The van der Waals surface area contributed by atoms with Crippen LogP contribution in [0, 0.1) is 0 Å². The molecule has 2 aromatic carbocycles. The van der Waals surface area contributed by atoms with E-state index in [2.05, 4.69) is 15.4 Å². The van der Waals surface area contributed by atoms with Gasteiger partial charge in [0.15, 0.2) is 0 Å². The molecule has 0 heterocycles. The van der Waals surface area contributed by atoms with Gasteiger partial charge >= 0.3 is 0 Å². The normalized spacial score (nSPS) is 11.0. The SMILES string of the molecule is CCNCCOc1ccc(NC(=O)c2ccccc2NS(C)(=O)=O)cc1. The van der Waals surface area contributed by atoms with Crippen LogP contribution < -0.4 is 20.1 Å². The summed E-state index contributed by atoms with van der Waals surface area (Å²) < 4.78 is 30.8. The summed E-state index contributed by atoms with van der Waals surface area (Å²) in [5, 5.41) is 5.91. The van der Waals surface area contributed by atoms with E-state index in [-0.39, 0.29) is 11.3 Å². The van der Waals surface area contributed by atoms with Crippen molar-refractivity contribution in [3.05, 3.63) is 54.1 Å². The molecule has 0 aromatic heterocycles. The van der Waals surface area contributed by atoms with Gasteiger partial charge in [0.25, 0.3) is 5.91 Å². The third-order valence-corrected chi connectivity index (χ3v) is 3.97. The molecule has 0 spiro atoms. The summed E-state index contributed by atoms with van der Waals surface area (Å²) in [6.45, 7) is 4.24. The quantitative estimate of drug-likeness (QED) is 0.583. The Kier molecular flexibility index (Phi) is 6.99. The van der Waals surface area contributed by atoms with Crippen molar-refractivity contribution in [3.8, 4) is 5.75 Å². The van der Waals surface area contributed by atoms with E-state index in [0.717, 1.165) is 19.3 Å². The first-order valence-electron chi connectivity index (χ1n) is 8.21. The van der Waals surface area contributed by atoms with Crippen molar-refractivity contribution in [1.82, 2.24) is 5.32 Å². The summed E-state index contributed by atoms with van der Waals surface area (Å²) in [6.07, 6.45) is 1.04. The van der Waals surface area contributed by atoms with Crippen molar-refractivity contribution >= 4 is 27.3 Å². The standard InChI is InChI=1S/C18H23N3O4S/c1-3-19-12-13-25-15-10-8-14(9-11-15)20-18(22)16-6-4-5-7-17(16)21-26(2,23)24/h4-11,19,21H,3,12-13H2,1-2H3,(H,20,22). The van der Waals surface area contributed by atoms with E-state index in [1.54, 1.807) is 42.5 Å². The summed E-state index contributed by atoms with van der Waals surface area (Å²) >= 11 is 0. The molecular weight excluding hydrogens is 354 g/mol. The molecule has 0 atom stereocenters. The van der Waals surface area contributed by atoms with Gasteiger partial charge < -0.3 is 15.4 Å². The molecule has 7 nitrogen and oxygen atoms in total. The van der Waals surface area contributed by atoms with Crippen LogP contribution in [0.25, 0.3) is 0 Å². The van der Waals surface area contributed by atoms with Crippen molar-refractivity contribution < 1.29 is 17.9 Å². The highest BCUT2D eigenvalue weighted by atomic mass is 32.2. The average molecular weight is 377 g/mol. The topological polar surface area (TPSA) is 96.5 Å². The first-order valence-corrected chi connectivity index (χ1v) is 10.1. The zero-order valence-corrected chi connectivity index (χ0v) is 15.6. The van der Waals surface area contributed by atoms with Gasteiger partial charge in [0.2, 0.25) is 10.0 Å². The molecule has 0 aliphatic heterocycles. The van der Waals surface area contributed by atoms with Gasteiger partial charge in [0, 0.05) is 12.2 Å². The Labute approximate surface area is 153 Å². The second-order valence-corrected chi connectivity index (χ2v) is 7.35. The Balaban J connectivity index is 2.02. The molecule has 0 saturated heterocycles. The van der Waals surface area contributed by atoms with Crippen LogP contribution in [0.1, 0.15) is 17.3 Å². The van der Waals surface area contributed by atoms with E-state index in [1.165, 1.54) is 6.07 Å². The van der Waals surface area contributed by atoms with Crippen molar-refractivity contribution in [2.24, 2.45) is 0 Å². The van der Waals surface area contributed by atoms with Crippen LogP contribution in [-0.4, -0.2) is 40.3 Å². The molecule has 0 bridgehead atoms. The number of hydrogen-bond donors (Lipinski definition) is 3. The fourth-order valence-electron chi connectivity index (χ4n) is 2.22. The van der Waals surface area contributed by atoms with E-state index in [4.69, 9.17) is 4.74 Å². The third-order valence-electron chi connectivity index (χ3n) is 3.38. The van der Waals surface area contributed by atoms with Crippen LogP contribution in [0.3, 0.4) is 0 Å². The van der Waals surface area contributed by atoms with E-state index in [9.17, 15) is 13.2 Å². The number of amides is 1. The van der Waals surface area contributed by atoms with Crippen LogP contribution >= 0.6 is 0 Å². The lowest BCUT2D eigenvalue weighted by atomic mass is 10.1. The highest BCUT2D eigenvalue weighted by molar-refractivity contribution is 7.92. The molecule has 140 valence electrons. The minimum atomic E-state index is -3.48. The van der Waals surface area contributed by atoms with Crippen molar-refractivity contribution in [2.75, 3.05) is 36.0 Å². The zero-order valence-electron chi connectivity index (χ0n) is 14.8. The second kappa shape index (κ2) is 9.21. The fourth-order valence-corrected chi connectivity index (χ4v) is 2.80. The van der Waals surface area contributed by atoms with Crippen molar-refractivity contribution in [2.45, 2.75) is 6.92 Å². The van der Waals surface area contributed by atoms with Crippen LogP contribution in [0.5, 0.6) is 5.75 Å². The van der Waals surface area contributed by atoms with Gasteiger partial charge in [-0.2, -0.15) is 0 Å². The highest BCUT2D eigenvalue weighted by Crippen LogP contribution is 2.20. The summed E-state index contributed by atoms with van der Waals surface area (Å²) in [4.78, 5) is 12.5. The maximum absolute atomic E-state index is 12.5. The van der Waals surface area contributed by atoms with Gasteiger partial charge in [0.1, 0.15) is 12.4 Å². The van der Waals surface area contributed by atoms with Crippen LogP contribution in [0.15, 0.2) is 48.5 Å². The van der Waals surface area contributed by atoms with E-state index < -0.39 is 15.9 Å². The molecule has 0 aliphatic rings. The Hall–Kier alpha value is -2.58. The van der Waals surface area contributed by atoms with Crippen molar-refractivity contribution in [3.63, 3.8) is 0 Å². The summed E-state index contributed by atoms with van der Waals surface area (Å²) in [7, 11) is -3.48. The van der Waals surface area contributed by atoms with Gasteiger partial charge in [-0.1, -0.05) is 19.1 Å². The highest BCUT2D eigenvalue weighted by Gasteiger charge is 2.13. The second-order valence-electron chi connectivity index (χ2n) is 5.60. The molecule has 0 radical (unpaired) electrons. The molecule has 3 N–H and O–H groups in total. The van der Waals surface area contributed by atoms with Crippen LogP contribution in [-0.2, 0) is 10.0 Å². The summed E-state index contributed by atoms with van der Waals surface area (Å²) in [5.41, 5.74) is 1.06. The Morgan fingerprint density at radius 3 is 2.42 bits per heavy atom. The number of rotatable bonds is 9. The fraction of sp³-hybridized carbons (Fsp3) is 0.278. The average Bonchev–Trinajstić information content (AvgIpc) is 2.59. The zero-order chi connectivity index (χ0) is 19.0. The molecule has 0 aliphatic carbocycles. The van der Waals surface area contributed by atoms with Gasteiger partial charge in [-0.3, -0.25) is 9.52 Å². The number of ether oxygens (including phenoxy) is 1. The third kappa shape index (κ3) is 6.38. The lowest BCUT2D eigenvalue weighted by Gasteiger charge is -2.11. The Morgan fingerprint density at radius 2 is 1.77 bits per heavy atom. The molecule has 26 heavy (non-hydrogen) atoms. The number of carbonyl (C=O) groups is 1. The number of hydrogen-bond acceptors (Lipinski definition) is 5. The largest absolute Gasteiger partial charge is 0.492 e. The van der Waals surface area contributed by atoms with Crippen LogP contribution in [0.4, 0.5) is 11.4 Å². The first kappa shape index (κ1) is 19.7. The predicted octanol–water partition coefficient (Wildman–Crippen LogP) is 2.30. The van der Waals surface area contributed by atoms with E-state index in [1.807, 2.05) is 6.92 Å². The van der Waals surface area contributed by atoms with Gasteiger partial charge in [-0.25, -0.2) is 8.42 Å². The first-order chi connectivity index (χ1) is 12.4. The molecule has 0 unspecified atom stereocenters. The minimum Gasteiger partial charge on any atom is -0.492 e. The maximum atomic E-state index is 12.5. The van der Waals surface area contributed by atoms with Crippen molar-refractivity contribution in [1.29, 1.82) is 0 Å². The number of carbonyl (C=O) groups excluding carboxylic acids is 1. The monoisotopic (exact) mass is 377 g/mol. The van der Waals surface area contributed by atoms with Gasteiger partial charge in [-0.15, -0.1) is 0 Å². The number of benzene rings is 2. The summed E-state index contributed by atoms with van der Waals surface area (Å²) in [6, 6.07) is 13.4. The summed E-state index contributed by atoms with van der Waals surface area (Å²) in [5.74, 6) is 0.303. The van der Waals surface area contributed by atoms with E-state index in [0.29, 0.717) is 18.0 Å². The number of para-hydroxylation sites is 1. The molecule has 2 aromatic rings. The lowest BCUT2D eigenvalue weighted by Crippen LogP contribution is -2.20. The predicted molar refractivity (Wildman–Crippen MR) is 103 cm³/mol. The number of anilines is 2. The van der Waals surface area contributed by atoms with Gasteiger partial charge in [0.05, 0.1) is 17.5 Å². The minimum absolute atomic E-state index is 0.232. The van der Waals surface area contributed by atoms with E-state index >= 15 is 0 Å².